The van der Waals surface area contributed by atoms with Crippen LogP contribution in [0.2, 0.25) is 0 Å². The van der Waals surface area contributed by atoms with Crippen LogP contribution in [-0.4, -0.2) is 16.2 Å². The van der Waals surface area contributed by atoms with Gasteiger partial charge in [-0.2, -0.15) is 0 Å². The monoisotopic (exact) mass is 196 g/mol. The summed E-state index contributed by atoms with van der Waals surface area (Å²) in [6, 6.07) is 4.12. The lowest BCUT2D eigenvalue weighted by molar-refractivity contribution is -0.131. The van der Waals surface area contributed by atoms with E-state index in [0.29, 0.717) is 5.56 Å². The van der Waals surface area contributed by atoms with Gasteiger partial charge in [-0.1, -0.05) is 12.1 Å². The second kappa shape index (κ2) is 4.53. The normalized spacial score (nSPS) is 10.7. The van der Waals surface area contributed by atoms with Gasteiger partial charge in [-0.3, -0.25) is 0 Å². The lowest BCUT2D eigenvalue weighted by Crippen LogP contribution is -1.90. The summed E-state index contributed by atoms with van der Waals surface area (Å²) in [5, 5.41) is 17.0. The van der Waals surface area contributed by atoms with Gasteiger partial charge in [0.05, 0.1) is 6.61 Å². The molecule has 0 aromatic heterocycles. The van der Waals surface area contributed by atoms with E-state index >= 15 is 0 Å². The highest BCUT2D eigenvalue weighted by atomic mass is 19.1. The molecule has 0 heterocycles. The first kappa shape index (κ1) is 10.4. The van der Waals surface area contributed by atoms with Crippen LogP contribution in [0.25, 0.3) is 6.08 Å². The molecule has 0 aliphatic carbocycles. The van der Waals surface area contributed by atoms with Crippen molar-refractivity contribution in [3.8, 4) is 0 Å². The van der Waals surface area contributed by atoms with E-state index in [4.69, 9.17) is 10.2 Å². The standard InChI is InChI=1S/C10H9FO3/c11-9-5-7(6-12)1-2-8(9)3-4-10(13)14/h1-5,12H,6H2,(H,13,14). The van der Waals surface area contributed by atoms with Gasteiger partial charge in [0, 0.05) is 11.6 Å². The molecule has 3 nitrogen and oxygen atoms in total. The Morgan fingerprint density at radius 3 is 2.71 bits per heavy atom. The molecule has 0 atom stereocenters. The van der Waals surface area contributed by atoms with Crippen LogP contribution in [0.1, 0.15) is 11.1 Å². The van der Waals surface area contributed by atoms with Crippen molar-refractivity contribution in [1.29, 1.82) is 0 Å². The minimum absolute atomic E-state index is 0.185. The van der Waals surface area contributed by atoms with Crippen LogP contribution in [0.4, 0.5) is 4.39 Å². The number of carbonyl (C=O) groups is 1. The second-order valence-corrected chi connectivity index (χ2v) is 2.69. The first-order valence-corrected chi connectivity index (χ1v) is 3.94. The highest BCUT2D eigenvalue weighted by Crippen LogP contribution is 2.11. The van der Waals surface area contributed by atoms with Gasteiger partial charge in [-0.15, -0.1) is 0 Å². The summed E-state index contributed by atoms with van der Waals surface area (Å²) in [6.45, 7) is -0.236. The molecule has 0 saturated carbocycles. The van der Waals surface area contributed by atoms with E-state index in [1.165, 1.54) is 24.3 Å². The number of carboxylic acid groups (broad SMARTS) is 1. The molecule has 0 aliphatic rings. The molecule has 14 heavy (non-hydrogen) atoms. The maximum Gasteiger partial charge on any atom is 0.328 e. The van der Waals surface area contributed by atoms with E-state index in [0.717, 1.165) is 6.08 Å². The van der Waals surface area contributed by atoms with Crippen molar-refractivity contribution in [2.24, 2.45) is 0 Å². The fourth-order valence-corrected chi connectivity index (χ4v) is 0.965. The van der Waals surface area contributed by atoms with E-state index in [1.54, 1.807) is 0 Å². The summed E-state index contributed by atoms with van der Waals surface area (Å²) in [6.07, 6.45) is 2.02. The number of aliphatic hydroxyl groups is 1. The predicted molar refractivity (Wildman–Crippen MR) is 49.0 cm³/mol. The van der Waals surface area contributed by atoms with Crippen molar-refractivity contribution in [3.05, 3.63) is 41.2 Å². The van der Waals surface area contributed by atoms with Crippen LogP contribution in [0.5, 0.6) is 0 Å². The smallest absolute Gasteiger partial charge is 0.328 e. The molecule has 1 rings (SSSR count). The first-order chi connectivity index (χ1) is 6.63. The summed E-state index contributed by atoms with van der Waals surface area (Å²) >= 11 is 0. The molecule has 2 N–H and O–H groups in total. The van der Waals surface area contributed by atoms with Crippen LogP contribution in [0, 0.1) is 5.82 Å². The molecule has 0 aliphatic heterocycles. The molecule has 0 fully saturated rings. The lowest BCUT2D eigenvalue weighted by atomic mass is 10.1. The minimum Gasteiger partial charge on any atom is -0.478 e. The average Bonchev–Trinajstić information content (AvgIpc) is 2.15. The van der Waals surface area contributed by atoms with E-state index in [-0.39, 0.29) is 12.2 Å². The zero-order valence-electron chi connectivity index (χ0n) is 7.27. The van der Waals surface area contributed by atoms with Crippen LogP contribution >= 0.6 is 0 Å². The summed E-state index contributed by atoms with van der Waals surface area (Å²) in [7, 11) is 0. The highest BCUT2D eigenvalue weighted by molar-refractivity contribution is 5.85. The van der Waals surface area contributed by atoms with E-state index in [9.17, 15) is 9.18 Å². The maximum absolute atomic E-state index is 13.1. The van der Waals surface area contributed by atoms with Gasteiger partial charge in [0.25, 0.3) is 0 Å². The Bertz CT molecular complexity index is 372. The maximum atomic E-state index is 13.1. The molecule has 0 unspecified atom stereocenters. The molecule has 0 spiro atoms. The molecule has 0 saturated heterocycles. The first-order valence-electron chi connectivity index (χ1n) is 3.94. The van der Waals surface area contributed by atoms with Crippen molar-refractivity contribution in [2.75, 3.05) is 0 Å². The number of rotatable bonds is 3. The van der Waals surface area contributed by atoms with Gasteiger partial charge in [-0.25, -0.2) is 9.18 Å². The summed E-state index contributed by atoms with van der Waals surface area (Å²) in [4.78, 5) is 10.2. The number of carboxylic acids is 1. The third-order valence-corrected chi connectivity index (χ3v) is 1.65. The van der Waals surface area contributed by atoms with Crippen molar-refractivity contribution >= 4 is 12.0 Å². The molecule has 1 aromatic rings. The molecular formula is C10H9FO3. The lowest BCUT2D eigenvalue weighted by Gasteiger charge is -1.99. The largest absolute Gasteiger partial charge is 0.478 e. The Labute approximate surface area is 80.1 Å². The summed E-state index contributed by atoms with van der Waals surface area (Å²) in [5.41, 5.74) is 0.638. The minimum atomic E-state index is -1.13. The van der Waals surface area contributed by atoms with Crippen LogP contribution < -0.4 is 0 Å². The molecular weight excluding hydrogens is 187 g/mol. The molecule has 0 bridgehead atoms. The predicted octanol–water partition coefficient (Wildman–Crippen LogP) is 1.42. The topological polar surface area (TPSA) is 57.5 Å². The quantitative estimate of drug-likeness (QED) is 0.719. The van der Waals surface area contributed by atoms with Gasteiger partial charge in [0.1, 0.15) is 5.82 Å². The Morgan fingerprint density at radius 2 is 2.21 bits per heavy atom. The summed E-state index contributed by atoms with van der Waals surface area (Å²) < 4.78 is 13.1. The molecule has 0 amide bonds. The van der Waals surface area contributed by atoms with Gasteiger partial charge in [0.15, 0.2) is 0 Å². The Morgan fingerprint density at radius 1 is 1.50 bits per heavy atom. The van der Waals surface area contributed by atoms with Gasteiger partial charge < -0.3 is 10.2 Å². The number of benzene rings is 1. The van der Waals surface area contributed by atoms with Crippen LogP contribution in [0.3, 0.4) is 0 Å². The molecule has 1 aromatic carbocycles. The zero-order valence-corrected chi connectivity index (χ0v) is 7.27. The average molecular weight is 196 g/mol. The van der Waals surface area contributed by atoms with Crippen molar-refractivity contribution < 1.29 is 19.4 Å². The van der Waals surface area contributed by atoms with E-state index in [1.807, 2.05) is 0 Å². The van der Waals surface area contributed by atoms with Gasteiger partial charge in [-0.05, 0) is 17.7 Å². The van der Waals surface area contributed by atoms with Gasteiger partial charge >= 0.3 is 5.97 Å². The fourth-order valence-electron chi connectivity index (χ4n) is 0.965. The number of aliphatic hydroxyl groups excluding tert-OH is 1. The van der Waals surface area contributed by atoms with Crippen molar-refractivity contribution in [2.45, 2.75) is 6.61 Å². The molecule has 4 heteroatoms. The Balaban J connectivity index is 2.94. The van der Waals surface area contributed by atoms with E-state index < -0.39 is 11.8 Å². The van der Waals surface area contributed by atoms with Crippen molar-refractivity contribution in [1.82, 2.24) is 0 Å². The van der Waals surface area contributed by atoms with Crippen LogP contribution in [-0.2, 0) is 11.4 Å². The molecule has 74 valence electrons. The molecule has 0 radical (unpaired) electrons. The number of aliphatic carboxylic acids is 1. The van der Waals surface area contributed by atoms with Crippen LogP contribution in [0.15, 0.2) is 24.3 Å². The fraction of sp³-hybridized carbons (Fsp3) is 0.100. The van der Waals surface area contributed by atoms with Crippen molar-refractivity contribution in [3.63, 3.8) is 0 Å². The highest BCUT2D eigenvalue weighted by Gasteiger charge is 2.00. The third kappa shape index (κ3) is 2.67. The number of hydrogen-bond donors (Lipinski definition) is 2. The third-order valence-electron chi connectivity index (χ3n) is 1.65. The van der Waals surface area contributed by atoms with Gasteiger partial charge in [0.2, 0.25) is 0 Å². The Hall–Kier alpha value is -1.68. The van der Waals surface area contributed by atoms with E-state index in [2.05, 4.69) is 0 Å². The zero-order chi connectivity index (χ0) is 10.6. The Kier molecular flexibility index (Phi) is 3.36. The second-order valence-electron chi connectivity index (χ2n) is 2.69. The number of hydrogen-bond acceptors (Lipinski definition) is 2. The number of halogens is 1. The SMILES string of the molecule is O=C(O)C=Cc1ccc(CO)cc1F. The summed E-state index contributed by atoms with van der Waals surface area (Å²) in [5.74, 6) is -1.68.